The molecule has 3 N–H and O–H groups in total. The van der Waals surface area contributed by atoms with Gasteiger partial charge in [-0.15, -0.1) is 0 Å². The molecule has 3 radical (unpaired) electrons. The molecule has 3 nitrogen and oxygen atoms in total. The first kappa shape index (κ1) is 34.8. The standard InChI is InChI=1S/C24H51P.C3H7N2O.Sn/c1-4-7-10-13-16-19-22-25(23-20-17-14-11-8-5-2)24-21-18-15-12-9-6-3;1-2-3(6)5-4;/h4-24H2,1-3H3;1-2,4H2,(H,5,6);/p+1. The van der Waals surface area contributed by atoms with Crippen LogP contribution in [0.1, 0.15) is 143 Å². The molecule has 0 heterocycles. The van der Waals surface area contributed by atoms with Gasteiger partial charge in [-0.1, -0.05) is 97.8 Å². The minimum absolute atomic E-state index is 0.0222. The number of nitrogens with two attached hydrogens (primary N) is 1. The van der Waals surface area contributed by atoms with Gasteiger partial charge in [0.15, 0.2) is 0 Å². The summed E-state index contributed by atoms with van der Waals surface area (Å²) >= 11 is 1.37. The molecule has 5 heteroatoms. The Morgan fingerprint density at radius 3 is 1.19 bits per heavy atom. The molecule has 0 aromatic heterocycles. The van der Waals surface area contributed by atoms with Gasteiger partial charge in [0.05, 0.1) is 18.5 Å². The zero-order chi connectivity index (χ0) is 24.1. The van der Waals surface area contributed by atoms with Gasteiger partial charge in [0, 0.05) is 7.92 Å². The number of hydrogen-bond donors (Lipinski definition) is 2. The van der Waals surface area contributed by atoms with Gasteiger partial charge in [-0.25, -0.2) is 0 Å². The van der Waals surface area contributed by atoms with Crippen molar-refractivity contribution in [1.29, 1.82) is 0 Å². The van der Waals surface area contributed by atoms with E-state index >= 15 is 0 Å². The first-order valence-corrected chi connectivity index (χ1v) is 18.3. The third-order valence-electron chi connectivity index (χ3n) is 6.16. The van der Waals surface area contributed by atoms with E-state index in [-0.39, 0.29) is 13.8 Å². The van der Waals surface area contributed by atoms with Crippen molar-refractivity contribution >= 4 is 36.4 Å². The number of hydrazine groups is 1. The summed E-state index contributed by atoms with van der Waals surface area (Å²) in [5.41, 5.74) is 2.04. The summed E-state index contributed by atoms with van der Waals surface area (Å²) in [7, 11) is -0.0222. The maximum absolute atomic E-state index is 10.2. The monoisotopic (exact) mass is 578 g/mol. The van der Waals surface area contributed by atoms with Crippen LogP contribution in [-0.4, -0.2) is 46.9 Å². The Morgan fingerprint density at radius 1 is 0.625 bits per heavy atom. The first-order chi connectivity index (χ1) is 15.7. The van der Waals surface area contributed by atoms with Gasteiger partial charge in [0.1, 0.15) is 0 Å². The molecule has 0 aromatic carbocycles. The Balaban J connectivity index is 0. The number of nitrogens with one attached hydrogen (secondary N) is 1. The van der Waals surface area contributed by atoms with Crippen molar-refractivity contribution in [2.75, 3.05) is 18.5 Å². The molecule has 0 aromatic rings. The SMILES string of the molecule is CCCCCCCC[PH+](CCCCCCCC)CCCCCCCC.NNC(=O)C[CH2][Sn]. The number of carbonyl (C=O) groups excluding carboxylic acids is 1. The molecular formula is C27H59N2OPSn+. The fourth-order valence-electron chi connectivity index (χ4n) is 4.03. The van der Waals surface area contributed by atoms with E-state index in [0.29, 0.717) is 6.42 Å². The first-order valence-electron chi connectivity index (χ1n) is 14.1. The van der Waals surface area contributed by atoms with Crippen molar-refractivity contribution in [1.82, 2.24) is 5.43 Å². The topological polar surface area (TPSA) is 55.1 Å². The molecule has 0 aliphatic carbocycles. The number of rotatable bonds is 23. The Labute approximate surface area is 217 Å². The van der Waals surface area contributed by atoms with E-state index in [1.54, 1.807) is 37.7 Å². The van der Waals surface area contributed by atoms with E-state index in [2.05, 4.69) is 20.8 Å². The molecule has 0 aliphatic rings. The average Bonchev–Trinajstić information content (AvgIpc) is 2.80. The molecule has 0 bridgehead atoms. The fraction of sp³-hybridized carbons (Fsp3) is 0.963. The molecule has 0 saturated carbocycles. The number of unbranched alkanes of at least 4 members (excludes halogenated alkanes) is 15. The Kier molecular flexibility index (Phi) is 34.5. The van der Waals surface area contributed by atoms with Gasteiger partial charge in [-0.3, -0.25) is 0 Å². The predicted molar refractivity (Wildman–Crippen MR) is 151 cm³/mol. The third-order valence-corrected chi connectivity index (χ3v) is 10.1. The number of carbonyl (C=O) groups is 1. The summed E-state index contributed by atoms with van der Waals surface area (Å²) in [5, 5.41) is 0. The maximum atomic E-state index is 10.2. The molecule has 0 unspecified atom stereocenters. The van der Waals surface area contributed by atoms with Crippen LogP contribution >= 0.6 is 7.92 Å². The van der Waals surface area contributed by atoms with Crippen LogP contribution in [0, 0.1) is 0 Å². The Morgan fingerprint density at radius 2 is 0.938 bits per heavy atom. The quantitative estimate of drug-likeness (QED) is 0.0321. The second-order valence-corrected chi connectivity index (χ2v) is 13.8. The molecule has 0 aliphatic heterocycles. The molecule has 191 valence electrons. The van der Waals surface area contributed by atoms with E-state index in [0.717, 1.165) is 4.44 Å². The van der Waals surface area contributed by atoms with Gasteiger partial charge < -0.3 is 0 Å². The van der Waals surface area contributed by atoms with Crippen molar-refractivity contribution in [2.45, 2.75) is 147 Å². The zero-order valence-electron chi connectivity index (χ0n) is 22.2. The van der Waals surface area contributed by atoms with Crippen LogP contribution in [0.3, 0.4) is 0 Å². The summed E-state index contributed by atoms with van der Waals surface area (Å²) < 4.78 is 0.940. The second-order valence-electron chi connectivity index (χ2n) is 9.37. The fourth-order valence-corrected chi connectivity index (χ4v) is 7.67. The normalized spacial score (nSPS) is 10.8. The summed E-state index contributed by atoms with van der Waals surface area (Å²) in [4.78, 5) is 10.2. The Bertz CT molecular complexity index is 321. The van der Waals surface area contributed by atoms with Crippen molar-refractivity contribution in [2.24, 2.45) is 5.84 Å². The van der Waals surface area contributed by atoms with Crippen LogP contribution in [0.15, 0.2) is 0 Å². The van der Waals surface area contributed by atoms with Crippen molar-refractivity contribution < 1.29 is 4.79 Å². The summed E-state index contributed by atoms with van der Waals surface area (Å²) in [6.07, 6.45) is 32.0. The van der Waals surface area contributed by atoms with Crippen LogP contribution in [0.4, 0.5) is 0 Å². The number of hydrogen-bond acceptors (Lipinski definition) is 2. The van der Waals surface area contributed by atoms with E-state index < -0.39 is 0 Å². The van der Waals surface area contributed by atoms with Crippen LogP contribution in [0.25, 0.3) is 0 Å². The van der Waals surface area contributed by atoms with E-state index in [1.807, 2.05) is 5.43 Å². The van der Waals surface area contributed by atoms with Crippen LogP contribution in [0.5, 0.6) is 0 Å². The molecule has 0 fully saturated rings. The zero-order valence-corrected chi connectivity index (χ0v) is 26.1. The summed E-state index contributed by atoms with van der Waals surface area (Å²) in [6.45, 7) is 6.96. The molecule has 0 saturated heterocycles. The van der Waals surface area contributed by atoms with Gasteiger partial charge in [-0.05, 0) is 38.5 Å². The van der Waals surface area contributed by atoms with Crippen LogP contribution in [-0.2, 0) is 4.79 Å². The summed E-state index contributed by atoms with van der Waals surface area (Å²) in [5.74, 6) is 4.70. The molecule has 0 atom stereocenters. The number of amides is 1. The second kappa shape index (κ2) is 31.7. The molecule has 1 amide bonds. The van der Waals surface area contributed by atoms with Gasteiger partial charge >= 0.3 is 55.4 Å². The average molecular weight is 577 g/mol. The van der Waals surface area contributed by atoms with Crippen LogP contribution < -0.4 is 11.3 Å². The Hall–Kier alpha value is 0.659. The third kappa shape index (κ3) is 30.7. The molecule has 0 spiro atoms. The van der Waals surface area contributed by atoms with Gasteiger partial charge in [0.2, 0.25) is 0 Å². The van der Waals surface area contributed by atoms with E-state index in [9.17, 15) is 4.79 Å². The molecular weight excluding hydrogens is 518 g/mol. The van der Waals surface area contributed by atoms with Gasteiger partial charge in [0.25, 0.3) is 0 Å². The summed E-state index contributed by atoms with van der Waals surface area (Å²) in [6, 6.07) is 0. The van der Waals surface area contributed by atoms with Crippen molar-refractivity contribution in [3.63, 3.8) is 0 Å². The van der Waals surface area contributed by atoms with E-state index in [1.165, 1.54) is 119 Å². The minimum atomic E-state index is -0.0724. The predicted octanol–water partition coefficient (Wildman–Crippen LogP) is 8.24. The van der Waals surface area contributed by atoms with Crippen molar-refractivity contribution in [3.8, 4) is 0 Å². The van der Waals surface area contributed by atoms with Crippen molar-refractivity contribution in [3.05, 3.63) is 0 Å². The molecule has 0 rings (SSSR count). The van der Waals surface area contributed by atoms with E-state index in [4.69, 9.17) is 5.84 Å². The molecule has 32 heavy (non-hydrogen) atoms. The van der Waals surface area contributed by atoms with Crippen LogP contribution in [0.2, 0.25) is 4.44 Å². The van der Waals surface area contributed by atoms with Gasteiger partial charge in [-0.2, -0.15) is 0 Å².